The molecule has 0 saturated heterocycles. The molecule has 8 heteroatoms. The van der Waals surface area contributed by atoms with Crippen molar-refractivity contribution in [3.63, 3.8) is 0 Å². The van der Waals surface area contributed by atoms with Gasteiger partial charge in [0.25, 0.3) is 11.8 Å². The van der Waals surface area contributed by atoms with E-state index < -0.39 is 0 Å². The van der Waals surface area contributed by atoms with Gasteiger partial charge in [0.05, 0.1) is 34.8 Å². The zero-order chi connectivity index (χ0) is 23.3. The lowest BCUT2D eigenvalue weighted by atomic mass is 10.1. The summed E-state index contributed by atoms with van der Waals surface area (Å²) >= 11 is 6.94. The van der Waals surface area contributed by atoms with Crippen LogP contribution in [-0.2, 0) is 0 Å². The molecule has 0 atom stereocenters. The quantitative estimate of drug-likeness (QED) is 0.260. The topological polar surface area (TPSA) is 66.1 Å². The van der Waals surface area contributed by atoms with E-state index >= 15 is 0 Å². The number of aryl methyl sites for hydroxylation is 1. The Morgan fingerprint density at radius 1 is 0.879 bits per heavy atom. The summed E-state index contributed by atoms with van der Waals surface area (Å²) in [4.78, 5) is 27.4. The molecule has 0 radical (unpaired) electrons. The standard InChI is InChI=1S/C25H17Br2N3O3/c1-14-22-18-13-15(33-2)11-12-21(18)29(24(31)16-7-3-5-9-19(16)26)23(22)30(28-14)25(32)17-8-4-6-10-20(17)27/h3-13H,1-2H3. The van der Waals surface area contributed by atoms with E-state index in [9.17, 15) is 9.59 Å². The normalized spacial score (nSPS) is 11.3. The minimum absolute atomic E-state index is 0.270. The van der Waals surface area contributed by atoms with Crippen molar-refractivity contribution in [2.75, 3.05) is 7.11 Å². The highest BCUT2D eigenvalue weighted by atomic mass is 79.9. The maximum atomic E-state index is 13.8. The van der Waals surface area contributed by atoms with E-state index in [2.05, 4.69) is 37.0 Å². The van der Waals surface area contributed by atoms with Gasteiger partial charge in [-0.2, -0.15) is 9.78 Å². The summed E-state index contributed by atoms with van der Waals surface area (Å²) in [5.41, 5.74) is 2.65. The van der Waals surface area contributed by atoms with Gasteiger partial charge in [-0.15, -0.1) is 0 Å². The van der Waals surface area contributed by atoms with E-state index in [-0.39, 0.29) is 11.8 Å². The minimum atomic E-state index is -0.337. The zero-order valence-electron chi connectivity index (χ0n) is 17.7. The molecule has 0 aliphatic heterocycles. The number of methoxy groups -OCH3 is 1. The van der Waals surface area contributed by atoms with Crippen LogP contribution in [0.15, 0.2) is 75.7 Å². The molecule has 0 N–H and O–H groups in total. The van der Waals surface area contributed by atoms with Crippen LogP contribution in [0.5, 0.6) is 5.75 Å². The van der Waals surface area contributed by atoms with Crippen LogP contribution in [-0.4, -0.2) is 33.3 Å². The molecule has 0 aliphatic rings. The van der Waals surface area contributed by atoms with E-state index in [1.807, 2.05) is 37.3 Å². The van der Waals surface area contributed by atoms with Gasteiger partial charge >= 0.3 is 0 Å². The number of carbonyl (C=O) groups is 2. The molecule has 5 rings (SSSR count). The highest BCUT2D eigenvalue weighted by molar-refractivity contribution is 9.10. The van der Waals surface area contributed by atoms with Crippen molar-refractivity contribution in [1.29, 1.82) is 0 Å². The summed E-state index contributed by atoms with van der Waals surface area (Å²) < 4.78 is 9.60. The van der Waals surface area contributed by atoms with Gasteiger partial charge in [0.15, 0.2) is 5.65 Å². The second-order valence-electron chi connectivity index (χ2n) is 7.48. The van der Waals surface area contributed by atoms with Gasteiger partial charge in [0.1, 0.15) is 5.75 Å². The van der Waals surface area contributed by atoms with E-state index in [1.54, 1.807) is 48.1 Å². The van der Waals surface area contributed by atoms with E-state index in [0.29, 0.717) is 42.7 Å². The number of ether oxygens (including phenoxy) is 1. The Balaban J connectivity index is 1.88. The Bertz CT molecular complexity index is 1580. The Labute approximate surface area is 206 Å². The number of nitrogens with zero attached hydrogens (tertiary/aromatic N) is 3. The molecule has 0 amide bonds. The third-order valence-corrected chi connectivity index (χ3v) is 6.95. The lowest BCUT2D eigenvalue weighted by Crippen LogP contribution is -2.20. The lowest BCUT2D eigenvalue weighted by molar-refractivity contribution is 0.0945. The van der Waals surface area contributed by atoms with Crippen molar-refractivity contribution in [3.8, 4) is 5.75 Å². The highest BCUT2D eigenvalue weighted by Gasteiger charge is 2.27. The van der Waals surface area contributed by atoms with Crippen molar-refractivity contribution in [3.05, 3.63) is 92.5 Å². The first-order chi connectivity index (χ1) is 15.9. The third kappa shape index (κ3) is 3.41. The minimum Gasteiger partial charge on any atom is -0.497 e. The fourth-order valence-electron chi connectivity index (χ4n) is 4.04. The number of hydrogen-bond donors (Lipinski definition) is 0. The number of hydrogen-bond acceptors (Lipinski definition) is 4. The highest BCUT2D eigenvalue weighted by Crippen LogP contribution is 2.35. The summed E-state index contributed by atoms with van der Waals surface area (Å²) in [7, 11) is 1.59. The number of fused-ring (bicyclic) bond motifs is 3. The summed E-state index contributed by atoms with van der Waals surface area (Å²) in [5.74, 6) is 0.0458. The van der Waals surface area contributed by atoms with Crippen molar-refractivity contribution in [1.82, 2.24) is 14.3 Å². The van der Waals surface area contributed by atoms with Crippen LogP contribution in [0, 0.1) is 6.92 Å². The first-order valence-corrected chi connectivity index (χ1v) is 11.7. The van der Waals surface area contributed by atoms with Gasteiger partial charge in [-0.05, 0) is 81.2 Å². The zero-order valence-corrected chi connectivity index (χ0v) is 20.8. The van der Waals surface area contributed by atoms with Gasteiger partial charge in [-0.25, -0.2) is 0 Å². The Kier molecular flexibility index (Phi) is 5.42. The SMILES string of the molecule is COc1ccc2c(c1)c1c(C)nn(C(=O)c3ccccc3Br)c1n2C(=O)c1ccccc1Br. The molecule has 0 unspecified atom stereocenters. The predicted molar refractivity (Wildman–Crippen MR) is 134 cm³/mol. The molecule has 6 nitrogen and oxygen atoms in total. The van der Waals surface area contributed by atoms with Crippen LogP contribution in [0.2, 0.25) is 0 Å². The molecule has 164 valence electrons. The Morgan fingerprint density at radius 2 is 1.48 bits per heavy atom. The molecule has 3 aromatic carbocycles. The summed E-state index contributed by atoms with van der Waals surface area (Å²) in [5, 5.41) is 6.06. The van der Waals surface area contributed by atoms with Crippen LogP contribution in [0.25, 0.3) is 21.9 Å². The summed E-state index contributed by atoms with van der Waals surface area (Å²) in [6.07, 6.45) is 0. The average Bonchev–Trinajstić information content (AvgIpc) is 3.33. The monoisotopic (exact) mass is 565 g/mol. The van der Waals surface area contributed by atoms with Crippen molar-refractivity contribution < 1.29 is 14.3 Å². The molecule has 0 saturated carbocycles. The Hall–Kier alpha value is -3.23. The van der Waals surface area contributed by atoms with E-state index in [4.69, 9.17) is 4.74 Å². The number of halogens is 2. The van der Waals surface area contributed by atoms with E-state index in [0.717, 1.165) is 10.8 Å². The maximum Gasteiger partial charge on any atom is 0.281 e. The molecule has 0 aliphatic carbocycles. The largest absolute Gasteiger partial charge is 0.497 e. The van der Waals surface area contributed by atoms with Gasteiger partial charge in [0, 0.05) is 14.3 Å². The molecule has 0 bridgehead atoms. The van der Waals surface area contributed by atoms with Crippen LogP contribution in [0.4, 0.5) is 0 Å². The molecule has 2 heterocycles. The first-order valence-electron chi connectivity index (χ1n) is 10.1. The lowest BCUT2D eigenvalue weighted by Gasteiger charge is -2.10. The molecule has 0 fully saturated rings. The number of rotatable bonds is 3. The number of aromatic nitrogens is 3. The first kappa shape index (κ1) is 21.6. The number of benzene rings is 3. The summed E-state index contributed by atoms with van der Waals surface area (Å²) in [6, 6.07) is 19.9. The maximum absolute atomic E-state index is 13.8. The van der Waals surface area contributed by atoms with Crippen LogP contribution >= 0.6 is 31.9 Å². The predicted octanol–water partition coefficient (Wildman–Crippen LogP) is 6.21. The smallest absolute Gasteiger partial charge is 0.281 e. The van der Waals surface area contributed by atoms with Crippen molar-refractivity contribution in [2.24, 2.45) is 0 Å². The molecule has 33 heavy (non-hydrogen) atoms. The molecular formula is C25H17Br2N3O3. The van der Waals surface area contributed by atoms with Crippen LogP contribution < -0.4 is 4.74 Å². The van der Waals surface area contributed by atoms with E-state index in [1.165, 1.54) is 4.68 Å². The van der Waals surface area contributed by atoms with Crippen LogP contribution in [0.3, 0.4) is 0 Å². The van der Waals surface area contributed by atoms with Crippen molar-refractivity contribution >= 4 is 65.6 Å². The molecule has 0 spiro atoms. The fraction of sp³-hybridized carbons (Fsp3) is 0.0800. The average molecular weight is 567 g/mol. The van der Waals surface area contributed by atoms with Gasteiger partial charge in [-0.3, -0.25) is 14.2 Å². The molecule has 5 aromatic rings. The van der Waals surface area contributed by atoms with Gasteiger partial charge in [0.2, 0.25) is 0 Å². The third-order valence-electron chi connectivity index (χ3n) is 5.57. The fourth-order valence-corrected chi connectivity index (χ4v) is 4.95. The Morgan fingerprint density at radius 3 is 2.09 bits per heavy atom. The van der Waals surface area contributed by atoms with Gasteiger partial charge < -0.3 is 4.74 Å². The summed E-state index contributed by atoms with van der Waals surface area (Å²) in [6.45, 7) is 1.83. The van der Waals surface area contributed by atoms with Crippen LogP contribution in [0.1, 0.15) is 26.4 Å². The van der Waals surface area contributed by atoms with Crippen molar-refractivity contribution in [2.45, 2.75) is 6.92 Å². The molecular weight excluding hydrogens is 550 g/mol. The van der Waals surface area contributed by atoms with Gasteiger partial charge in [-0.1, -0.05) is 24.3 Å². The number of carbonyl (C=O) groups excluding carboxylic acids is 2. The molecule has 2 aromatic heterocycles. The second kappa shape index (κ2) is 8.28. The second-order valence-corrected chi connectivity index (χ2v) is 9.19.